The Morgan fingerprint density at radius 3 is 2.40 bits per heavy atom. The number of rotatable bonds is 2. The fourth-order valence-corrected chi connectivity index (χ4v) is 3.55. The van der Waals surface area contributed by atoms with E-state index in [1.165, 1.54) is 12.0 Å². The maximum atomic E-state index is 9.88. The van der Waals surface area contributed by atoms with Crippen molar-refractivity contribution in [2.24, 2.45) is 11.3 Å². The Morgan fingerprint density at radius 1 is 1.20 bits per heavy atom. The SMILES string of the molecule is Cc1ccc(NC2(C#N)CCCCC2C(C)(C)C)cc1. The van der Waals surface area contributed by atoms with Crippen LogP contribution in [0.2, 0.25) is 0 Å². The van der Waals surface area contributed by atoms with Crippen LogP contribution in [0.1, 0.15) is 52.0 Å². The normalized spacial score (nSPS) is 26.9. The molecule has 0 saturated heterocycles. The van der Waals surface area contributed by atoms with Crippen LogP contribution in [0.5, 0.6) is 0 Å². The van der Waals surface area contributed by atoms with Gasteiger partial charge in [0.25, 0.3) is 0 Å². The predicted molar refractivity (Wildman–Crippen MR) is 84.6 cm³/mol. The number of anilines is 1. The van der Waals surface area contributed by atoms with Crippen LogP contribution >= 0.6 is 0 Å². The average molecular weight is 270 g/mol. The lowest BCUT2D eigenvalue weighted by molar-refractivity contribution is 0.127. The van der Waals surface area contributed by atoms with E-state index in [1.807, 2.05) is 0 Å². The molecule has 0 heterocycles. The molecule has 1 aliphatic rings. The van der Waals surface area contributed by atoms with Crippen molar-refractivity contribution in [1.29, 1.82) is 5.26 Å². The second kappa shape index (κ2) is 5.48. The van der Waals surface area contributed by atoms with Crippen molar-refractivity contribution >= 4 is 5.69 Å². The number of nitrogens with zero attached hydrogens (tertiary/aromatic N) is 1. The molecule has 0 radical (unpaired) electrons. The molecule has 1 saturated carbocycles. The fourth-order valence-electron chi connectivity index (χ4n) is 3.55. The molecule has 2 atom stereocenters. The Hall–Kier alpha value is -1.49. The highest BCUT2D eigenvalue weighted by atomic mass is 15.0. The Bertz CT molecular complexity index is 490. The van der Waals surface area contributed by atoms with Gasteiger partial charge >= 0.3 is 0 Å². The van der Waals surface area contributed by atoms with E-state index < -0.39 is 5.54 Å². The zero-order chi connectivity index (χ0) is 14.8. The van der Waals surface area contributed by atoms with Crippen molar-refractivity contribution in [3.63, 3.8) is 0 Å². The van der Waals surface area contributed by atoms with Gasteiger partial charge < -0.3 is 5.32 Å². The van der Waals surface area contributed by atoms with E-state index in [-0.39, 0.29) is 5.41 Å². The lowest BCUT2D eigenvalue weighted by atomic mass is 9.62. The summed E-state index contributed by atoms with van der Waals surface area (Å²) in [6.07, 6.45) is 4.45. The molecule has 2 heteroatoms. The van der Waals surface area contributed by atoms with Gasteiger partial charge in [0.05, 0.1) is 6.07 Å². The quantitative estimate of drug-likeness (QED) is 0.829. The maximum Gasteiger partial charge on any atom is 0.128 e. The van der Waals surface area contributed by atoms with Gasteiger partial charge in [0.1, 0.15) is 5.54 Å². The van der Waals surface area contributed by atoms with Gasteiger partial charge in [0, 0.05) is 11.6 Å². The van der Waals surface area contributed by atoms with Gasteiger partial charge in [-0.05, 0) is 37.3 Å². The molecule has 0 bridgehead atoms. The van der Waals surface area contributed by atoms with Crippen LogP contribution in [-0.4, -0.2) is 5.54 Å². The van der Waals surface area contributed by atoms with Gasteiger partial charge in [-0.3, -0.25) is 0 Å². The molecule has 2 unspecified atom stereocenters. The van der Waals surface area contributed by atoms with Crippen LogP contribution in [-0.2, 0) is 0 Å². The first-order chi connectivity index (χ1) is 9.37. The summed E-state index contributed by atoms with van der Waals surface area (Å²) in [5.74, 6) is 0.384. The van der Waals surface area contributed by atoms with E-state index in [2.05, 4.69) is 63.3 Å². The van der Waals surface area contributed by atoms with Crippen molar-refractivity contribution in [3.05, 3.63) is 29.8 Å². The fraction of sp³-hybridized carbons (Fsp3) is 0.611. The molecule has 1 N–H and O–H groups in total. The molecule has 20 heavy (non-hydrogen) atoms. The number of nitriles is 1. The van der Waals surface area contributed by atoms with E-state index in [4.69, 9.17) is 0 Å². The second-order valence-electron chi connectivity index (χ2n) is 7.24. The average Bonchev–Trinajstić information content (AvgIpc) is 2.41. The van der Waals surface area contributed by atoms with Crippen LogP contribution in [0.4, 0.5) is 5.69 Å². The minimum atomic E-state index is -0.425. The van der Waals surface area contributed by atoms with Gasteiger partial charge in [0.15, 0.2) is 0 Å². The molecule has 0 amide bonds. The first kappa shape index (κ1) is 14.9. The van der Waals surface area contributed by atoms with Gasteiger partial charge in [-0.2, -0.15) is 5.26 Å². The number of nitrogens with one attached hydrogen (secondary N) is 1. The molecule has 1 aromatic rings. The standard InChI is InChI=1S/C18H26N2/c1-14-8-10-15(11-9-14)20-18(13-19)12-6-5-7-16(18)17(2,3)4/h8-11,16,20H,5-7,12H2,1-4H3. The van der Waals surface area contributed by atoms with Crippen LogP contribution in [0.3, 0.4) is 0 Å². The third-order valence-electron chi connectivity index (χ3n) is 4.57. The van der Waals surface area contributed by atoms with E-state index in [1.54, 1.807) is 0 Å². The minimum absolute atomic E-state index is 0.147. The Morgan fingerprint density at radius 2 is 1.85 bits per heavy atom. The van der Waals surface area contributed by atoms with Crippen LogP contribution in [0.25, 0.3) is 0 Å². The molecule has 2 rings (SSSR count). The van der Waals surface area contributed by atoms with Crippen molar-refractivity contribution in [3.8, 4) is 6.07 Å². The summed E-state index contributed by atoms with van der Waals surface area (Å²) in [5, 5.41) is 13.4. The van der Waals surface area contributed by atoms with Gasteiger partial charge in [0.2, 0.25) is 0 Å². The molecule has 0 aliphatic heterocycles. The number of aryl methyl sites for hydroxylation is 1. The lowest BCUT2D eigenvalue weighted by Gasteiger charge is -2.46. The van der Waals surface area contributed by atoms with E-state index in [0.717, 1.165) is 24.9 Å². The van der Waals surface area contributed by atoms with Crippen LogP contribution in [0.15, 0.2) is 24.3 Å². The summed E-state index contributed by atoms with van der Waals surface area (Å²) in [6.45, 7) is 8.85. The highest BCUT2D eigenvalue weighted by Gasteiger charge is 2.46. The zero-order valence-corrected chi connectivity index (χ0v) is 13.2. The first-order valence-electron chi connectivity index (χ1n) is 7.63. The Balaban J connectivity index is 2.31. The number of benzene rings is 1. The van der Waals surface area contributed by atoms with Crippen molar-refractivity contribution in [1.82, 2.24) is 0 Å². The predicted octanol–water partition coefficient (Wildman–Crippen LogP) is 4.91. The maximum absolute atomic E-state index is 9.88. The van der Waals surface area contributed by atoms with E-state index >= 15 is 0 Å². The molecular weight excluding hydrogens is 244 g/mol. The molecule has 1 aliphatic carbocycles. The molecule has 1 aromatic carbocycles. The summed E-state index contributed by atoms with van der Waals surface area (Å²) in [6, 6.07) is 11.0. The van der Waals surface area contributed by atoms with E-state index in [9.17, 15) is 5.26 Å². The monoisotopic (exact) mass is 270 g/mol. The van der Waals surface area contributed by atoms with Gasteiger partial charge in [-0.1, -0.05) is 51.3 Å². The Labute approximate surface area is 123 Å². The van der Waals surface area contributed by atoms with Crippen LogP contribution < -0.4 is 5.32 Å². The topological polar surface area (TPSA) is 35.8 Å². The molecule has 0 aromatic heterocycles. The van der Waals surface area contributed by atoms with Gasteiger partial charge in [-0.25, -0.2) is 0 Å². The second-order valence-corrected chi connectivity index (χ2v) is 7.24. The van der Waals surface area contributed by atoms with Gasteiger partial charge in [-0.15, -0.1) is 0 Å². The summed E-state index contributed by atoms with van der Waals surface area (Å²) in [4.78, 5) is 0. The minimum Gasteiger partial charge on any atom is -0.367 e. The summed E-state index contributed by atoms with van der Waals surface area (Å²) < 4.78 is 0. The van der Waals surface area contributed by atoms with Crippen molar-refractivity contribution in [2.45, 2.75) is 58.9 Å². The summed E-state index contributed by atoms with van der Waals surface area (Å²) in [5.41, 5.74) is 2.03. The molecule has 0 spiro atoms. The van der Waals surface area contributed by atoms with Crippen molar-refractivity contribution in [2.75, 3.05) is 5.32 Å². The lowest BCUT2D eigenvalue weighted by Crippen LogP contribution is -2.51. The smallest absolute Gasteiger partial charge is 0.128 e. The molecular formula is C18H26N2. The van der Waals surface area contributed by atoms with Crippen molar-refractivity contribution < 1.29 is 0 Å². The first-order valence-corrected chi connectivity index (χ1v) is 7.63. The molecule has 1 fully saturated rings. The highest BCUT2D eigenvalue weighted by molar-refractivity contribution is 5.49. The molecule has 2 nitrogen and oxygen atoms in total. The van der Waals surface area contributed by atoms with Crippen LogP contribution in [0, 0.1) is 29.6 Å². The number of hydrogen-bond donors (Lipinski definition) is 1. The summed E-state index contributed by atoms with van der Waals surface area (Å²) >= 11 is 0. The third kappa shape index (κ3) is 2.98. The third-order valence-corrected chi connectivity index (χ3v) is 4.57. The molecule has 108 valence electrons. The summed E-state index contributed by atoms with van der Waals surface area (Å²) in [7, 11) is 0. The number of hydrogen-bond acceptors (Lipinski definition) is 2. The van der Waals surface area contributed by atoms with E-state index in [0.29, 0.717) is 5.92 Å². The zero-order valence-electron chi connectivity index (χ0n) is 13.2. The largest absolute Gasteiger partial charge is 0.367 e. The highest BCUT2D eigenvalue weighted by Crippen LogP contribution is 2.45. The Kier molecular flexibility index (Phi) is 4.09.